The number of nitrogens with zero attached hydrogens (tertiary/aromatic N) is 1. The van der Waals surface area contributed by atoms with E-state index in [-0.39, 0.29) is 5.91 Å². The number of carbonyl (C=O) groups is 1. The van der Waals surface area contributed by atoms with Crippen molar-refractivity contribution in [3.05, 3.63) is 0 Å². The summed E-state index contributed by atoms with van der Waals surface area (Å²) < 4.78 is 0. The third-order valence-electron chi connectivity index (χ3n) is 4.25. The van der Waals surface area contributed by atoms with Crippen molar-refractivity contribution >= 4 is 5.91 Å². The summed E-state index contributed by atoms with van der Waals surface area (Å²) in [5, 5.41) is 7.13. The Hall–Kier alpha value is -0.610. The highest BCUT2D eigenvalue weighted by molar-refractivity contribution is 5.76. The van der Waals surface area contributed by atoms with Gasteiger partial charge in [0.2, 0.25) is 5.91 Å². The smallest absolute Gasteiger partial charge is 0.223 e. The Morgan fingerprint density at radius 3 is 2.75 bits per heavy atom. The molecule has 0 aromatic carbocycles. The lowest BCUT2D eigenvalue weighted by molar-refractivity contribution is -0.130. The van der Waals surface area contributed by atoms with E-state index in [4.69, 9.17) is 0 Å². The first kappa shape index (κ1) is 17.4. The summed E-state index contributed by atoms with van der Waals surface area (Å²) in [6.07, 6.45) is 7.11. The summed E-state index contributed by atoms with van der Waals surface area (Å²) >= 11 is 0. The topological polar surface area (TPSA) is 44.4 Å². The second-order valence-corrected chi connectivity index (χ2v) is 5.91. The molecule has 0 saturated carbocycles. The van der Waals surface area contributed by atoms with Crippen molar-refractivity contribution in [3.63, 3.8) is 0 Å². The Balaban J connectivity index is 2.15. The predicted molar refractivity (Wildman–Crippen MR) is 84.9 cm³/mol. The summed E-state index contributed by atoms with van der Waals surface area (Å²) in [6.45, 7) is 9.90. The molecule has 2 atom stereocenters. The molecule has 0 aliphatic carbocycles. The third kappa shape index (κ3) is 6.71. The van der Waals surface area contributed by atoms with Crippen molar-refractivity contribution in [3.8, 4) is 0 Å². The van der Waals surface area contributed by atoms with Crippen LogP contribution >= 0.6 is 0 Å². The number of nitrogens with one attached hydrogen (secondary N) is 2. The Morgan fingerprint density at radius 1 is 1.30 bits per heavy atom. The maximum Gasteiger partial charge on any atom is 0.223 e. The minimum Gasteiger partial charge on any atom is -0.343 e. The van der Waals surface area contributed by atoms with Gasteiger partial charge in [-0.25, -0.2) is 0 Å². The van der Waals surface area contributed by atoms with Crippen LogP contribution in [0.4, 0.5) is 0 Å². The molecule has 118 valence electrons. The van der Waals surface area contributed by atoms with Gasteiger partial charge in [-0.2, -0.15) is 0 Å². The molecule has 1 amide bonds. The molecule has 0 bridgehead atoms. The average Bonchev–Trinajstić information content (AvgIpc) is 2.68. The van der Waals surface area contributed by atoms with Crippen LogP contribution in [-0.2, 0) is 4.79 Å². The zero-order valence-electron chi connectivity index (χ0n) is 13.6. The van der Waals surface area contributed by atoms with Gasteiger partial charge in [0.15, 0.2) is 0 Å². The molecule has 4 heteroatoms. The second kappa shape index (κ2) is 10.2. The molecule has 1 heterocycles. The summed E-state index contributed by atoms with van der Waals surface area (Å²) in [5.41, 5.74) is 0. The lowest BCUT2D eigenvalue weighted by atomic mass is 10.0. The molecular weight excluding hydrogens is 250 g/mol. The maximum absolute atomic E-state index is 11.9. The van der Waals surface area contributed by atoms with Gasteiger partial charge in [0.1, 0.15) is 0 Å². The van der Waals surface area contributed by atoms with E-state index < -0.39 is 0 Å². The summed E-state index contributed by atoms with van der Waals surface area (Å²) in [5.74, 6) is 0.266. The van der Waals surface area contributed by atoms with E-state index in [1.54, 1.807) is 0 Å². The highest BCUT2D eigenvalue weighted by atomic mass is 16.2. The molecule has 0 radical (unpaired) electrons. The number of hydrogen-bond acceptors (Lipinski definition) is 3. The van der Waals surface area contributed by atoms with Gasteiger partial charge in [-0.15, -0.1) is 0 Å². The highest BCUT2D eigenvalue weighted by Crippen LogP contribution is 2.12. The van der Waals surface area contributed by atoms with Crippen LogP contribution in [0.3, 0.4) is 0 Å². The van der Waals surface area contributed by atoms with Crippen LogP contribution in [0, 0.1) is 0 Å². The van der Waals surface area contributed by atoms with E-state index >= 15 is 0 Å². The average molecular weight is 283 g/mol. The minimum atomic E-state index is 0.266. The van der Waals surface area contributed by atoms with Crippen molar-refractivity contribution < 1.29 is 4.79 Å². The van der Waals surface area contributed by atoms with Crippen molar-refractivity contribution in [1.29, 1.82) is 0 Å². The van der Waals surface area contributed by atoms with Gasteiger partial charge >= 0.3 is 0 Å². The van der Waals surface area contributed by atoms with Crippen LogP contribution in [0.2, 0.25) is 0 Å². The lowest BCUT2D eigenvalue weighted by Gasteiger charge is -2.22. The monoisotopic (exact) mass is 283 g/mol. The number of rotatable bonds is 8. The third-order valence-corrected chi connectivity index (χ3v) is 4.25. The molecule has 4 nitrogen and oxygen atoms in total. The fraction of sp³-hybridized carbons (Fsp3) is 0.938. The molecule has 1 fully saturated rings. The quantitative estimate of drug-likeness (QED) is 0.717. The minimum absolute atomic E-state index is 0.266. The van der Waals surface area contributed by atoms with E-state index in [0.717, 1.165) is 26.2 Å². The standard InChI is InChI=1S/C16H33N3O/c1-4-19(5-2)16(20)10-12-17-14(3)13-15-9-7-6-8-11-18-15/h14-15,17-18H,4-13H2,1-3H3. The summed E-state index contributed by atoms with van der Waals surface area (Å²) in [7, 11) is 0. The van der Waals surface area contributed by atoms with Gasteiger partial charge < -0.3 is 15.5 Å². The van der Waals surface area contributed by atoms with E-state index in [1.165, 1.54) is 32.1 Å². The largest absolute Gasteiger partial charge is 0.343 e. The van der Waals surface area contributed by atoms with E-state index in [1.807, 2.05) is 18.7 Å². The number of hydrogen-bond donors (Lipinski definition) is 2. The molecule has 2 unspecified atom stereocenters. The van der Waals surface area contributed by atoms with Crippen LogP contribution in [0.1, 0.15) is 59.3 Å². The first-order valence-electron chi connectivity index (χ1n) is 8.41. The molecule has 0 aromatic heterocycles. The zero-order valence-corrected chi connectivity index (χ0v) is 13.6. The van der Waals surface area contributed by atoms with Crippen molar-refractivity contribution in [1.82, 2.24) is 15.5 Å². The van der Waals surface area contributed by atoms with Gasteiger partial charge in [0, 0.05) is 38.1 Å². The molecule has 0 spiro atoms. The Morgan fingerprint density at radius 2 is 2.05 bits per heavy atom. The second-order valence-electron chi connectivity index (χ2n) is 5.91. The molecule has 1 aliphatic rings. The van der Waals surface area contributed by atoms with E-state index in [2.05, 4.69) is 17.6 Å². The maximum atomic E-state index is 11.9. The molecular formula is C16H33N3O. The SMILES string of the molecule is CCN(CC)C(=O)CCNC(C)CC1CCCCCN1. The molecule has 1 aliphatic heterocycles. The van der Waals surface area contributed by atoms with Crippen LogP contribution in [0.15, 0.2) is 0 Å². The Bertz CT molecular complexity index is 258. The Kier molecular flexibility index (Phi) is 8.86. The van der Waals surface area contributed by atoms with Gasteiger partial charge in [0.25, 0.3) is 0 Å². The van der Waals surface area contributed by atoms with Crippen LogP contribution in [-0.4, -0.2) is 49.1 Å². The lowest BCUT2D eigenvalue weighted by Crippen LogP contribution is -2.39. The Labute approximate surface area is 124 Å². The number of carbonyl (C=O) groups excluding carboxylic acids is 1. The van der Waals surface area contributed by atoms with Crippen molar-refractivity contribution in [2.75, 3.05) is 26.2 Å². The molecule has 2 N–H and O–H groups in total. The van der Waals surface area contributed by atoms with Crippen molar-refractivity contribution in [2.24, 2.45) is 0 Å². The molecule has 1 saturated heterocycles. The highest BCUT2D eigenvalue weighted by Gasteiger charge is 2.15. The molecule has 1 rings (SSSR count). The molecule has 0 aromatic rings. The first-order valence-corrected chi connectivity index (χ1v) is 8.41. The molecule has 20 heavy (non-hydrogen) atoms. The van der Waals surface area contributed by atoms with Gasteiger partial charge in [-0.3, -0.25) is 4.79 Å². The van der Waals surface area contributed by atoms with Gasteiger partial charge in [-0.1, -0.05) is 12.8 Å². The summed E-state index contributed by atoms with van der Waals surface area (Å²) in [4.78, 5) is 13.8. The fourth-order valence-electron chi connectivity index (χ4n) is 2.97. The van der Waals surface area contributed by atoms with Crippen molar-refractivity contribution in [2.45, 2.75) is 71.4 Å². The first-order chi connectivity index (χ1) is 9.67. The van der Waals surface area contributed by atoms with Gasteiger partial charge in [0.05, 0.1) is 0 Å². The van der Waals surface area contributed by atoms with Gasteiger partial charge in [-0.05, 0) is 46.6 Å². The van der Waals surface area contributed by atoms with Crippen LogP contribution in [0.5, 0.6) is 0 Å². The van der Waals surface area contributed by atoms with Crippen LogP contribution < -0.4 is 10.6 Å². The predicted octanol–water partition coefficient (Wildman–Crippen LogP) is 2.15. The normalized spacial score (nSPS) is 21.2. The van der Waals surface area contributed by atoms with E-state index in [0.29, 0.717) is 18.5 Å². The fourth-order valence-corrected chi connectivity index (χ4v) is 2.97. The number of amides is 1. The van der Waals surface area contributed by atoms with E-state index in [9.17, 15) is 4.79 Å². The zero-order chi connectivity index (χ0) is 14.8. The van der Waals surface area contributed by atoms with Crippen LogP contribution in [0.25, 0.3) is 0 Å². The summed E-state index contributed by atoms with van der Waals surface area (Å²) in [6, 6.07) is 1.13.